The number of hydrogen-bond donors (Lipinski definition) is 0. The first-order valence-corrected chi connectivity index (χ1v) is 14.7. The van der Waals surface area contributed by atoms with E-state index in [1.165, 1.54) is 22.9 Å². The van der Waals surface area contributed by atoms with Crippen molar-refractivity contribution in [2.45, 2.75) is 13.2 Å². The van der Waals surface area contributed by atoms with Crippen molar-refractivity contribution >= 4 is 81.5 Å². The van der Waals surface area contributed by atoms with Crippen molar-refractivity contribution in [1.82, 2.24) is 4.90 Å². The average Bonchev–Trinajstić information content (AvgIpc) is 3.59. The molecule has 3 aromatic carbocycles. The minimum Gasteiger partial charge on any atom is -0.493 e. The van der Waals surface area contributed by atoms with E-state index in [0.29, 0.717) is 53.0 Å². The summed E-state index contributed by atoms with van der Waals surface area (Å²) in [5.41, 5.74) is 2.11. The Bertz CT molecular complexity index is 1710. The van der Waals surface area contributed by atoms with Crippen LogP contribution < -0.4 is 9.47 Å². The zero-order valence-electron chi connectivity index (χ0n) is 21.9. The molecule has 0 aliphatic carbocycles. The van der Waals surface area contributed by atoms with E-state index in [2.05, 4.69) is 10.2 Å². The van der Waals surface area contributed by atoms with Gasteiger partial charge in [0.25, 0.3) is 5.91 Å². The number of amides is 1. The molecular formula is C30H21Cl4N3O4S. The molecule has 1 fully saturated rings. The number of carbonyl (C=O) groups is 1. The minimum atomic E-state index is -0.247. The Morgan fingerprint density at radius 1 is 0.976 bits per heavy atom. The van der Waals surface area contributed by atoms with Gasteiger partial charge in [-0.15, -0.1) is 5.10 Å². The second kappa shape index (κ2) is 13.7. The molecule has 12 heteroatoms. The van der Waals surface area contributed by atoms with Crippen LogP contribution in [0.5, 0.6) is 11.5 Å². The number of thioether (sulfide) groups is 1. The largest absolute Gasteiger partial charge is 0.493 e. The molecular weight excluding hydrogens is 640 g/mol. The van der Waals surface area contributed by atoms with Crippen LogP contribution in [0.4, 0.5) is 0 Å². The number of halogens is 4. The molecule has 1 amide bonds. The summed E-state index contributed by atoms with van der Waals surface area (Å²) in [5.74, 6) is 1.37. The lowest BCUT2D eigenvalue weighted by Crippen LogP contribution is -2.28. The third-order valence-electron chi connectivity index (χ3n) is 5.99. The number of methoxy groups -OCH3 is 1. The number of amidine groups is 1. The molecule has 42 heavy (non-hydrogen) atoms. The maximum absolute atomic E-state index is 13.5. The molecule has 214 valence electrons. The van der Waals surface area contributed by atoms with Crippen LogP contribution in [0.15, 0.2) is 92.5 Å². The van der Waals surface area contributed by atoms with E-state index in [1.807, 2.05) is 6.07 Å². The molecule has 4 aromatic rings. The van der Waals surface area contributed by atoms with E-state index in [0.717, 1.165) is 11.1 Å². The molecule has 0 atom stereocenters. The third kappa shape index (κ3) is 7.14. The predicted octanol–water partition coefficient (Wildman–Crippen LogP) is 8.99. The molecule has 1 aliphatic rings. The molecule has 1 aromatic heterocycles. The quantitative estimate of drug-likeness (QED) is 0.102. The summed E-state index contributed by atoms with van der Waals surface area (Å²) in [6.07, 6.45) is 4.79. The Hall–Kier alpha value is -3.40. The molecule has 0 saturated carbocycles. The van der Waals surface area contributed by atoms with Gasteiger partial charge < -0.3 is 13.9 Å². The van der Waals surface area contributed by atoms with Crippen molar-refractivity contribution in [3.63, 3.8) is 0 Å². The molecule has 0 bridgehead atoms. The molecule has 0 spiro atoms. The van der Waals surface area contributed by atoms with Gasteiger partial charge in [-0.3, -0.25) is 9.69 Å². The van der Waals surface area contributed by atoms with Crippen LogP contribution in [0.25, 0.3) is 6.08 Å². The standard InChI is InChI=1S/C30H21Cl4N3O4S/c1-39-26-12-18(7-10-25(26)41-17-20-8-9-21(31)14-24(20)33)13-27-29(38)37(16-22-5-3-11-40-22)30(42-27)36-35-15-19-4-2-6-23(32)28(19)34/h2-15H,16-17H2,1H3/b27-13-,35-15-,36-30+. The van der Waals surface area contributed by atoms with Gasteiger partial charge in [-0.05, 0) is 65.9 Å². The highest BCUT2D eigenvalue weighted by atomic mass is 35.5. The summed E-state index contributed by atoms with van der Waals surface area (Å²) in [6.45, 7) is 0.412. The zero-order chi connectivity index (χ0) is 29.6. The Morgan fingerprint density at radius 3 is 2.60 bits per heavy atom. The van der Waals surface area contributed by atoms with Gasteiger partial charge in [-0.2, -0.15) is 5.10 Å². The van der Waals surface area contributed by atoms with Crippen molar-refractivity contribution in [3.8, 4) is 11.5 Å². The summed E-state index contributed by atoms with van der Waals surface area (Å²) >= 11 is 25.8. The highest BCUT2D eigenvalue weighted by Crippen LogP contribution is 2.36. The second-order valence-corrected chi connectivity index (χ2v) is 11.4. The second-order valence-electron chi connectivity index (χ2n) is 8.79. The molecule has 1 aliphatic heterocycles. The van der Waals surface area contributed by atoms with Gasteiger partial charge in [-0.25, -0.2) is 0 Å². The Kier molecular flexibility index (Phi) is 9.82. The molecule has 0 unspecified atom stereocenters. The van der Waals surface area contributed by atoms with Gasteiger partial charge in [0.2, 0.25) is 0 Å². The molecule has 2 heterocycles. The van der Waals surface area contributed by atoms with Crippen molar-refractivity contribution in [2.24, 2.45) is 10.2 Å². The summed E-state index contributed by atoms with van der Waals surface area (Å²) < 4.78 is 17.0. The molecule has 5 rings (SSSR count). The first kappa shape index (κ1) is 30.1. The van der Waals surface area contributed by atoms with Gasteiger partial charge in [0, 0.05) is 21.2 Å². The minimum absolute atomic E-state index is 0.186. The van der Waals surface area contributed by atoms with Crippen LogP contribution in [-0.2, 0) is 17.9 Å². The van der Waals surface area contributed by atoms with E-state index in [4.69, 9.17) is 60.3 Å². The Labute approximate surface area is 266 Å². The summed E-state index contributed by atoms with van der Waals surface area (Å²) in [5, 5.41) is 10.7. The van der Waals surface area contributed by atoms with E-state index >= 15 is 0 Å². The number of ether oxygens (including phenoxy) is 2. The number of hydrogen-bond acceptors (Lipinski definition) is 7. The van der Waals surface area contributed by atoms with Gasteiger partial charge in [0.15, 0.2) is 16.7 Å². The lowest BCUT2D eigenvalue weighted by molar-refractivity contribution is -0.122. The van der Waals surface area contributed by atoms with Crippen molar-refractivity contribution < 1.29 is 18.7 Å². The number of nitrogens with zero attached hydrogens (tertiary/aromatic N) is 3. The monoisotopic (exact) mass is 659 g/mol. The number of furan rings is 1. The SMILES string of the molecule is COc1cc(/C=C2\S/C(=N/N=C\c3cccc(Cl)c3Cl)N(Cc3ccco3)C2=O)ccc1OCc1ccc(Cl)cc1Cl. The number of benzene rings is 3. The Morgan fingerprint density at radius 2 is 1.83 bits per heavy atom. The maximum atomic E-state index is 13.5. The Balaban J connectivity index is 1.38. The average molecular weight is 661 g/mol. The number of rotatable bonds is 9. The van der Waals surface area contributed by atoms with E-state index in [1.54, 1.807) is 80.1 Å². The molecule has 1 saturated heterocycles. The van der Waals surface area contributed by atoms with Gasteiger partial charge >= 0.3 is 0 Å². The fourth-order valence-corrected chi connectivity index (χ4v) is 5.63. The zero-order valence-corrected chi connectivity index (χ0v) is 25.7. The molecule has 0 radical (unpaired) electrons. The fourth-order valence-electron chi connectivity index (χ4n) is 3.88. The van der Waals surface area contributed by atoms with Crippen LogP contribution in [0.2, 0.25) is 20.1 Å². The highest BCUT2D eigenvalue weighted by molar-refractivity contribution is 8.18. The van der Waals surface area contributed by atoms with Crippen molar-refractivity contribution in [1.29, 1.82) is 0 Å². The molecule has 0 N–H and O–H groups in total. The van der Waals surface area contributed by atoms with Gasteiger partial charge in [0.05, 0.1) is 41.1 Å². The summed E-state index contributed by atoms with van der Waals surface area (Å²) in [4.78, 5) is 15.4. The van der Waals surface area contributed by atoms with Crippen LogP contribution in [-0.4, -0.2) is 29.3 Å². The van der Waals surface area contributed by atoms with Crippen molar-refractivity contribution in [2.75, 3.05) is 7.11 Å². The smallest absolute Gasteiger partial charge is 0.267 e. The van der Waals surface area contributed by atoms with E-state index in [-0.39, 0.29) is 19.1 Å². The van der Waals surface area contributed by atoms with Crippen LogP contribution >= 0.6 is 58.2 Å². The van der Waals surface area contributed by atoms with Crippen LogP contribution in [0.3, 0.4) is 0 Å². The maximum Gasteiger partial charge on any atom is 0.267 e. The van der Waals surface area contributed by atoms with E-state index in [9.17, 15) is 4.79 Å². The van der Waals surface area contributed by atoms with Gasteiger partial charge in [-0.1, -0.05) is 70.7 Å². The first-order chi connectivity index (χ1) is 20.3. The topological polar surface area (TPSA) is 76.6 Å². The fraction of sp³-hybridized carbons (Fsp3) is 0.100. The van der Waals surface area contributed by atoms with Crippen LogP contribution in [0, 0.1) is 0 Å². The van der Waals surface area contributed by atoms with Gasteiger partial charge in [0.1, 0.15) is 12.4 Å². The predicted molar refractivity (Wildman–Crippen MR) is 170 cm³/mol. The number of carbonyl (C=O) groups excluding carboxylic acids is 1. The molecule has 7 nitrogen and oxygen atoms in total. The van der Waals surface area contributed by atoms with Crippen LogP contribution in [0.1, 0.15) is 22.5 Å². The summed E-state index contributed by atoms with van der Waals surface area (Å²) in [6, 6.07) is 19.4. The summed E-state index contributed by atoms with van der Waals surface area (Å²) in [7, 11) is 1.55. The lowest BCUT2D eigenvalue weighted by atomic mass is 10.1. The lowest BCUT2D eigenvalue weighted by Gasteiger charge is -2.13. The normalized spacial score (nSPS) is 15.4. The third-order valence-corrected chi connectivity index (χ3v) is 8.40. The van der Waals surface area contributed by atoms with Crippen molar-refractivity contribution in [3.05, 3.63) is 120 Å². The highest BCUT2D eigenvalue weighted by Gasteiger charge is 2.34. The van der Waals surface area contributed by atoms with E-state index < -0.39 is 0 Å². The first-order valence-electron chi connectivity index (χ1n) is 12.4.